The molecule has 0 aliphatic heterocycles. The van der Waals surface area contributed by atoms with Crippen LogP contribution in [0.1, 0.15) is 0 Å². The Balaban J connectivity index is 2.24. The van der Waals surface area contributed by atoms with Crippen molar-refractivity contribution in [3.05, 3.63) is 18.2 Å². The maximum absolute atomic E-state index is 10.8. The third-order valence-electron chi connectivity index (χ3n) is 2.16. The zero-order valence-corrected chi connectivity index (χ0v) is 9.98. The predicted octanol–water partition coefficient (Wildman–Crippen LogP) is 1.38. The van der Waals surface area contributed by atoms with Gasteiger partial charge in [-0.05, 0) is 18.2 Å². The number of rotatable bonds is 4. The lowest BCUT2D eigenvalue weighted by atomic mass is 10.3. The summed E-state index contributed by atoms with van der Waals surface area (Å²) in [5.74, 6) is 0. The number of nitrogens with one attached hydrogen (secondary N) is 1. The molecule has 1 amide bonds. The van der Waals surface area contributed by atoms with Crippen LogP contribution in [0.3, 0.4) is 0 Å². The molecule has 0 atom stereocenters. The van der Waals surface area contributed by atoms with E-state index in [9.17, 15) is 9.59 Å². The van der Waals surface area contributed by atoms with Gasteiger partial charge in [0.15, 0.2) is 5.13 Å². The van der Waals surface area contributed by atoms with Gasteiger partial charge in [0.1, 0.15) is 12.8 Å². The molecule has 1 heterocycles. The Kier molecular flexibility index (Phi) is 3.28. The lowest BCUT2D eigenvalue weighted by Gasteiger charge is -2.18. The molecule has 0 aliphatic rings. The minimum atomic E-state index is -1.23. The summed E-state index contributed by atoms with van der Waals surface area (Å²) in [4.78, 5) is 25.3. The monoisotopic (exact) mass is 266 g/mol. The van der Waals surface area contributed by atoms with Crippen LogP contribution in [0.5, 0.6) is 0 Å². The Morgan fingerprint density at radius 3 is 3.06 bits per heavy atom. The minimum Gasteiger partial charge on any atom is -0.464 e. The Morgan fingerprint density at radius 2 is 2.39 bits per heavy atom. The molecular formula is C10H10N4O3S. The average Bonchev–Trinajstić information content (AvgIpc) is 2.67. The number of carbonyl (C=O) groups is 2. The molecular weight excluding hydrogens is 256 g/mol. The first kappa shape index (κ1) is 12.1. The van der Waals surface area contributed by atoms with Crippen molar-refractivity contribution in [1.29, 1.82) is 0 Å². The number of nitrogen functional groups attached to an aromatic ring is 1. The van der Waals surface area contributed by atoms with Crippen LogP contribution in [0.15, 0.2) is 18.2 Å². The maximum Gasteiger partial charge on any atom is 0.426 e. The molecule has 2 aromatic rings. The fourth-order valence-electron chi connectivity index (χ4n) is 1.41. The van der Waals surface area contributed by atoms with E-state index in [2.05, 4.69) is 10.4 Å². The standard InChI is InChI=1S/C10H10N4O3S/c11-9-12-7-2-1-6(5-8(7)18-9)13-14(3-4-15)10(16)17/h1-2,4-5,13H,3H2,(H2,11,12)(H,16,17). The van der Waals surface area contributed by atoms with E-state index in [1.54, 1.807) is 18.2 Å². The Hall–Kier alpha value is -2.35. The average molecular weight is 266 g/mol. The quantitative estimate of drug-likeness (QED) is 0.570. The number of nitrogens with zero attached hydrogens (tertiary/aromatic N) is 2. The third-order valence-corrected chi connectivity index (χ3v) is 3.00. The van der Waals surface area contributed by atoms with Gasteiger partial charge in [-0.3, -0.25) is 5.43 Å². The summed E-state index contributed by atoms with van der Waals surface area (Å²) in [5, 5.41) is 10.1. The number of benzene rings is 1. The fraction of sp³-hybridized carbons (Fsp3) is 0.100. The Morgan fingerprint density at radius 1 is 1.61 bits per heavy atom. The number of hydrogen-bond donors (Lipinski definition) is 3. The van der Waals surface area contributed by atoms with Gasteiger partial charge < -0.3 is 15.6 Å². The maximum atomic E-state index is 10.8. The van der Waals surface area contributed by atoms with Crippen LogP contribution in [0.4, 0.5) is 15.6 Å². The van der Waals surface area contributed by atoms with Crippen molar-refractivity contribution in [2.45, 2.75) is 0 Å². The molecule has 0 bridgehead atoms. The van der Waals surface area contributed by atoms with Crippen molar-refractivity contribution in [1.82, 2.24) is 9.99 Å². The van der Waals surface area contributed by atoms with Crippen molar-refractivity contribution in [3.8, 4) is 0 Å². The van der Waals surface area contributed by atoms with Crippen LogP contribution in [-0.4, -0.2) is 34.0 Å². The van der Waals surface area contributed by atoms with E-state index in [4.69, 9.17) is 10.8 Å². The second-order valence-corrected chi connectivity index (χ2v) is 4.47. The molecule has 18 heavy (non-hydrogen) atoms. The molecule has 0 unspecified atom stereocenters. The number of aromatic nitrogens is 1. The molecule has 0 saturated carbocycles. The van der Waals surface area contributed by atoms with Gasteiger partial charge in [0.05, 0.1) is 15.9 Å². The molecule has 2 rings (SSSR count). The molecule has 1 aromatic heterocycles. The minimum absolute atomic E-state index is 0.252. The van der Waals surface area contributed by atoms with Gasteiger partial charge in [-0.2, -0.15) is 0 Å². The van der Waals surface area contributed by atoms with E-state index in [0.29, 0.717) is 17.1 Å². The highest BCUT2D eigenvalue weighted by Gasteiger charge is 2.11. The van der Waals surface area contributed by atoms with Crippen LogP contribution < -0.4 is 11.2 Å². The topological polar surface area (TPSA) is 109 Å². The molecule has 94 valence electrons. The van der Waals surface area contributed by atoms with Crippen LogP contribution in [0, 0.1) is 0 Å². The molecule has 0 aliphatic carbocycles. The van der Waals surface area contributed by atoms with Gasteiger partial charge in [0, 0.05) is 0 Å². The van der Waals surface area contributed by atoms with Crippen molar-refractivity contribution < 1.29 is 14.7 Å². The number of carboxylic acid groups (broad SMARTS) is 1. The molecule has 1 aromatic carbocycles. The fourth-order valence-corrected chi connectivity index (χ4v) is 2.19. The van der Waals surface area contributed by atoms with Crippen molar-refractivity contribution >= 4 is 44.8 Å². The van der Waals surface area contributed by atoms with Crippen LogP contribution in [0.25, 0.3) is 10.2 Å². The normalized spacial score (nSPS) is 10.2. The number of thiazole rings is 1. The molecule has 0 spiro atoms. The van der Waals surface area contributed by atoms with Gasteiger partial charge in [-0.25, -0.2) is 14.8 Å². The lowest BCUT2D eigenvalue weighted by Crippen LogP contribution is -2.36. The largest absolute Gasteiger partial charge is 0.464 e. The van der Waals surface area contributed by atoms with Gasteiger partial charge in [-0.15, -0.1) is 0 Å². The van der Waals surface area contributed by atoms with E-state index in [1.165, 1.54) is 11.3 Å². The number of carbonyl (C=O) groups excluding carboxylic acids is 1. The Labute approximate surface area is 106 Å². The van der Waals surface area contributed by atoms with Crippen molar-refractivity contribution in [2.75, 3.05) is 17.7 Å². The number of hydrazine groups is 1. The number of amides is 1. The van der Waals surface area contributed by atoms with Gasteiger partial charge in [0.2, 0.25) is 0 Å². The first-order chi connectivity index (χ1) is 8.60. The predicted molar refractivity (Wildman–Crippen MR) is 68.4 cm³/mol. The van der Waals surface area contributed by atoms with Crippen molar-refractivity contribution in [3.63, 3.8) is 0 Å². The van der Waals surface area contributed by atoms with E-state index in [1.807, 2.05) is 0 Å². The number of anilines is 2. The molecule has 0 radical (unpaired) electrons. The van der Waals surface area contributed by atoms with E-state index < -0.39 is 6.09 Å². The van der Waals surface area contributed by atoms with Crippen LogP contribution in [0.2, 0.25) is 0 Å². The summed E-state index contributed by atoms with van der Waals surface area (Å²) in [5.41, 5.74) is 9.50. The molecule has 7 nitrogen and oxygen atoms in total. The molecule has 4 N–H and O–H groups in total. The summed E-state index contributed by atoms with van der Waals surface area (Å²) in [6, 6.07) is 5.12. The second kappa shape index (κ2) is 4.88. The number of fused-ring (bicyclic) bond motifs is 1. The highest BCUT2D eigenvalue weighted by Crippen LogP contribution is 2.26. The summed E-state index contributed by atoms with van der Waals surface area (Å²) < 4.78 is 0.842. The Bertz CT molecular complexity index is 598. The lowest BCUT2D eigenvalue weighted by molar-refractivity contribution is -0.108. The summed E-state index contributed by atoms with van der Waals surface area (Å²) in [6.07, 6.45) is -0.726. The first-order valence-corrected chi connectivity index (χ1v) is 5.78. The van der Waals surface area contributed by atoms with Crippen LogP contribution in [-0.2, 0) is 4.79 Å². The number of nitrogens with two attached hydrogens (primary N) is 1. The molecule has 8 heteroatoms. The van der Waals surface area contributed by atoms with Gasteiger partial charge in [-0.1, -0.05) is 11.3 Å². The van der Waals surface area contributed by atoms with E-state index >= 15 is 0 Å². The molecule has 0 saturated heterocycles. The zero-order valence-electron chi connectivity index (χ0n) is 9.16. The van der Waals surface area contributed by atoms with Gasteiger partial charge in [0.25, 0.3) is 0 Å². The second-order valence-electron chi connectivity index (χ2n) is 3.41. The van der Waals surface area contributed by atoms with Crippen molar-refractivity contribution in [2.24, 2.45) is 0 Å². The summed E-state index contributed by atoms with van der Waals surface area (Å²) in [7, 11) is 0. The third kappa shape index (κ3) is 2.48. The highest BCUT2D eigenvalue weighted by molar-refractivity contribution is 7.22. The van der Waals surface area contributed by atoms with E-state index in [0.717, 1.165) is 15.2 Å². The number of aldehydes is 1. The summed E-state index contributed by atoms with van der Waals surface area (Å²) >= 11 is 1.31. The first-order valence-electron chi connectivity index (χ1n) is 4.97. The summed E-state index contributed by atoms with van der Waals surface area (Å²) in [6.45, 7) is -0.252. The van der Waals surface area contributed by atoms with Gasteiger partial charge >= 0.3 is 6.09 Å². The molecule has 0 fully saturated rings. The number of hydrogen-bond acceptors (Lipinski definition) is 6. The SMILES string of the molecule is Nc1nc2ccc(NN(CC=O)C(=O)O)cc2s1. The zero-order chi connectivity index (χ0) is 13.1. The van der Waals surface area contributed by atoms with Crippen LogP contribution >= 0.6 is 11.3 Å². The van der Waals surface area contributed by atoms with E-state index in [-0.39, 0.29) is 6.54 Å². The highest BCUT2D eigenvalue weighted by atomic mass is 32.1. The smallest absolute Gasteiger partial charge is 0.426 e.